The second kappa shape index (κ2) is 6.48. The van der Waals surface area contributed by atoms with Gasteiger partial charge in [0.15, 0.2) is 5.82 Å². The molecule has 1 fully saturated rings. The Labute approximate surface area is 143 Å². The Bertz CT molecular complexity index is 873. The zero-order valence-electron chi connectivity index (χ0n) is 13.7. The average molecular weight is 339 g/mol. The number of ether oxygens (including phenoxy) is 1. The summed E-state index contributed by atoms with van der Waals surface area (Å²) in [5.41, 5.74) is 2.04. The van der Waals surface area contributed by atoms with E-state index in [9.17, 15) is 4.79 Å². The van der Waals surface area contributed by atoms with Crippen LogP contribution in [0.15, 0.2) is 40.9 Å². The lowest BCUT2D eigenvalue weighted by Gasteiger charge is -2.33. The molecular weight excluding hydrogens is 322 g/mol. The van der Waals surface area contributed by atoms with Crippen LogP contribution in [0.4, 0.5) is 0 Å². The summed E-state index contributed by atoms with van der Waals surface area (Å²) >= 11 is 0. The molecule has 3 aromatic rings. The van der Waals surface area contributed by atoms with Crippen LogP contribution in [0.25, 0.3) is 11.5 Å². The first kappa shape index (κ1) is 15.5. The number of nitrogens with zero attached hydrogens (tertiary/aromatic N) is 4. The summed E-state index contributed by atoms with van der Waals surface area (Å²) in [6, 6.07) is 10.8. The number of rotatable bonds is 3. The van der Waals surface area contributed by atoms with Crippen molar-refractivity contribution in [3.05, 3.63) is 53.6 Å². The fraction of sp³-hybridized carbons (Fsp3) is 0.294. The molecule has 3 heterocycles. The Hall–Kier alpha value is -3.00. The number of hydrogen-bond acceptors (Lipinski definition) is 6. The molecular formula is C17H17N5O3. The molecule has 1 aliphatic rings. The van der Waals surface area contributed by atoms with Crippen LogP contribution < -0.4 is 0 Å². The topological polar surface area (TPSA) is 97.1 Å². The van der Waals surface area contributed by atoms with Crippen LogP contribution >= 0.6 is 0 Å². The Morgan fingerprint density at radius 1 is 1.32 bits per heavy atom. The van der Waals surface area contributed by atoms with E-state index < -0.39 is 6.04 Å². The molecule has 0 aliphatic carbocycles. The quantitative estimate of drug-likeness (QED) is 0.784. The second-order valence-electron chi connectivity index (χ2n) is 5.85. The van der Waals surface area contributed by atoms with E-state index >= 15 is 0 Å². The van der Waals surface area contributed by atoms with Crippen molar-refractivity contribution >= 4 is 5.91 Å². The van der Waals surface area contributed by atoms with E-state index in [2.05, 4.69) is 20.3 Å². The van der Waals surface area contributed by atoms with Crippen molar-refractivity contribution in [1.29, 1.82) is 0 Å². The third-order valence-corrected chi connectivity index (χ3v) is 4.07. The average Bonchev–Trinajstić information content (AvgIpc) is 3.31. The van der Waals surface area contributed by atoms with Crippen LogP contribution in [0.5, 0.6) is 0 Å². The van der Waals surface area contributed by atoms with Crippen molar-refractivity contribution in [2.45, 2.75) is 13.0 Å². The van der Waals surface area contributed by atoms with Gasteiger partial charge < -0.3 is 14.2 Å². The highest BCUT2D eigenvalue weighted by atomic mass is 16.5. The largest absolute Gasteiger partial charge is 0.377 e. The highest BCUT2D eigenvalue weighted by Gasteiger charge is 2.33. The molecule has 2 aromatic heterocycles. The van der Waals surface area contributed by atoms with Gasteiger partial charge in [-0.3, -0.25) is 9.89 Å². The number of amides is 1. The lowest BCUT2D eigenvalue weighted by Crippen LogP contribution is -2.44. The number of aromatic amines is 1. The van der Waals surface area contributed by atoms with Crippen molar-refractivity contribution in [2.24, 2.45) is 0 Å². The van der Waals surface area contributed by atoms with Crippen molar-refractivity contribution in [3.63, 3.8) is 0 Å². The molecule has 25 heavy (non-hydrogen) atoms. The maximum absolute atomic E-state index is 12.8. The van der Waals surface area contributed by atoms with Gasteiger partial charge in [0.2, 0.25) is 0 Å². The van der Waals surface area contributed by atoms with Crippen LogP contribution in [-0.4, -0.2) is 50.9 Å². The van der Waals surface area contributed by atoms with Crippen molar-refractivity contribution < 1.29 is 14.1 Å². The minimum atomic E-state index is -0.403. The van der Waals surface area contributed by atoms with Gasteiger partial charge >= 0.3 is 0 Å². The standard InChI is InChI=1S/C17H17N5O3/c1-11-9-13(20-19-11)17(23)22-7-8-24-10-14(22)15-18-16(25-21-15)12-5-3-2-4-6-12/h2-6,9,14H,7-8,10H2,1H3,(H,19,20)/t14-/m1/s1. The highest BCUT2D eigenvalue weighted by Crippen LogP contribution is 2.26. The summed E-state index contributed by atoms with van der Waals surface area (Å²) in [6.45, 7) is 3.09. The number of benzene rings is 1. The summed E-state index contributed by atoms with van der Waals surface area (Å²) in [7, 11) is 0. The fourth-order valence-corrected chi connectivity index (χ4v) is 2.80. The Morgan fingerprint density at radius 3 is 2.92 bits per heavy atom. The Morgan fingerprint density at radius 2 is 2.16 bits per heavy atom. The molecule has 0 unspecified atom stereocenters. The molecule has 1 N–H and O–H groups in total. The van der Waals surface area contributed by atoms with Crippen molar-refractivity contribution in [3.8, 4) is 11.5 Å². The molecule has 1 amide bonds. The number of carbonyl (C=O) groups excluding carboxylic acids is 1. The predicted molar refractivity (Wildman–Crippen MR) is 87.7 cm³/mol. The van der Waals surface area contributed by atoms with E-state index in [1.165, 1.54) is 0 Å². The smallest absolute Gasteiger partial charge is 0.275 e. The van der Waals surface area contributed by atoms with Gasteiger partial charge in [-0.25, -0.2) is 0 Å². The summed E-state index contributed by atoms with van der Waals surface area (Å²) in [4.78, 5) is 18.9. The molecule has 8 heteroatoms. The van der Waals surface area contributed by atoms with Crippen LogP contribution in [-0.2, 0) is 4.74 Å². The van der Waals surface area contributed by atoms with Gasteiger partial charge in [-0.15, -0.1) is 0 Å². The Balaban J connectivity index is 1.61. The lowest BCUT2D eigenvalue weighted by molar-refractivity contribution is -0.00607. The molecule has 0 saturated carbocycles. The zero-order valence-corrected chi connectivity index (χ0v) is 13.7. The molecule has 1 aliphatic heterocycles. The van der Waals surface area contributed by atoms with Gasteiger partial charge in [0.1, 0.15) is 11.7 Å². The highest BCUT2D eigenvalue weighted by molar-refractivity contribution is 5.92. The molecule has 1 saturated heterocycles. The van der Waals surface area contributed by atoms with Gasteiger partial charge in [0.05, 0.1) is 13.2 Å². The second-order valence-corrected chi connectivity index (χ2v) is 5.85. The lowest BCUT2D eigenvalue weighted by atomic mass is 10.2. The SMILES string of the molecule is Cc1cc(C(=O)N2CCOC[C@@H]2c2noc(-c3ccccc3)n2)n[nH]1. The minimum absolute atomic E-state index is 0.177. The number of nitrogens with one attached hydrogen (secondary N) is 1. The zero-order chi connectivity index (χ0) is 17.2. The summed E-state index contributed by atoms with van der Waals surface area (Å²) < 4.78 is 10.9. The van der Waals surface area contributed by atoms with Crippen LogP contribution in [0.2, 0.25) is 0 Å². The van der Waals surface area contributed by atoms with Crippen LogP contribution in [0, 0.1) is 6.92 Å². The molecule has 0 bridgehead atoms. The monoisotopic (exact) mass is 339 g/mol. The van der Waals surface area contributed by atoms with Crippen LogP contribution in [0.3, 0.4) is 0 Å². The first-order valence-electron chi connectivity index (χ1n) is 8.02. The van der Waals surface area contributed by atoms with E-state index in [0.717, 1.165) is 11.3 Å². The van der Waals surface area contributed by atoms with Crippen molar-refractivity contribution in [2.75, 3.05) is 19.8 Å². The predicted octanol–water partition coefficient (Wildman–Crippen LogP) is 1.98. The van der Waals surface area contributed by atoms with E-state index in [0.29, 0.717) is 37.2 Å². The van der Waals surface area contributed by atoms with Gasteiger partial charge in [-0.2, -0.15) is 10.1 Å². The van der Waals surface area contributed by atoms with Gasteiger partial charge in [-0.1, -0.05) is 23.4 Å². The number of H-pyrrole nitrogens is 1. The normalized spacial score (nSPS) is 17.6. The molecule has 8 nitrogen and oxygen atoms in total. The maximum Gasteiger partial charge on any atom is 0.275 e. The molecule has 0 radical (unpaired) electrons. The first-order chi connectivity index (χ1) is 12.2. The van der Waals surface area contributed by atoms with E-state index in [1.54, 1.807) is 11.0 Å². The van der Waals surface area contributed by atoms with Crippen LogP contribution in [0.1, 0.15) is 28.0 Å². The summed E-state index contributed by atoms with van der Waals surface area (Å²) in [6.07, 6.45) is 0. The molecule has 0 spiro atoms. The molecule has 4 rings (SSSR count). The Kier molecular flexibility index (Phi) is 4.02. The summed E-state index contributed by atoms with van der Waals surface area (Å²) in [5, 5.41) is 10.9. The minimum Gasteiger partial charge on any atom is -0.377 e. The molecule has 1 atom stereocenters. The maximum atomic E-state index is 12.8. The van der Waals surface area contributed by atoms with Gasteiger partial charge in [0, 0.05) is 17.8 Å². The fourth-order valence-electron chi connectivity index (χ4n) is 2.80. The number of carbonyl (C=O) groups is 1. The third-order valence-electron chi connectivity index (χ3n) is 4.07. The number of aryl methyl sites for hydroxylation is 1. The summed E-state index contributed by atoms with van der Waals surface area (Å²) in [5.74, 6) is 0.673. The first-order valence-corrected chi connectivity index (χ1v) is 8.02. The molecule has 128 valence electrons. The van der Waals surface area contributed by atoms with Gasteiger partial charge in [-0.05, 0) is 25.1 Å². The van der Waals surface area contributed by atoms with E-state index in [1.807, 2.05) is 37.3 Å². The van der Waals surface area contributed by atoms with Gasteiger partial charge in [0.25, 0.3) is 11.8 Å². The number of hydrogen-bond donors (Lipinski definition) is 1. The van der Waals surface area contributed by atoms with E-state index in [-0.39, 0.29) is 5.91 Å². The molecule has 1 aromatic carbocycles. The third kappa shape index (κ3) is 3.03. The number of morpholine rings is 1. The van der Waals surface area contributed by atoms with E-state index in [4.69, 9.17) is 9.26 Å². The number of aromatic nitrogens is 4. The van der Waals surface area contributed by atoms with Crippen molar-refractivity contribution in [1.82, 2.24) is 25.2 Å².